The van der Waals surface area contributed by atoms with Crippen molar-refractivity contribution in [1.29, 1.82) is 0 Å². The van der Waals surface area contributed by atoms with Crippen LogP contribution in [0.5, 0.6) is 5.75 Å². The lowest BCUT2D eigenvalue weighted by molar-refractivity contribution is 0.177. The summed E-state index contributed by atoms with van der Waals surface area (Å²) in [5.74, 6) is 1.02. The Morgan fingerprint density at radius 1 is 1.17 bits per heavy atom. The van der Waals surface area contributed by atoms with Gasteiger partial charge in [-0.3, -0.25) is 0 Å². The van der Waals surface area contributed by atoms with Gasteiger partial charge >= 0.3 is 0 Å². The van der Waals surface area contributed by atoms with Gasteiger partial charge in [-0.15, -0.1) is 0 Å². The van der Waals surface area contributed by atoms with Crippen molar-refractivity contribution in [2.75, 3.05) is 6.54 Å². The summed E-state index contributed by atoms with van der Waals surface area (Å²) in [6.45, 7) is 13.9. The predicted molar refractivity (Wildman–Crippen MR) is 78.5 cm³/mol. The second kappa shape index (κ2) is 6.79. The standard InChI is InChI=1S/C16H27NO/c1-7-8-17-14(5)15(6)18-16-10-11(2)9-12(3)13(16)4/h9-10,14-15,17H,7-8H2,1-6H3. The molecule has 0 saturated heterocycles. The maximum absolute atomic E-state index is 6.10. The van der Waals surface area contributed by atoms with Gasteiger partial charge < -0.3 is 10.1 Å². The van der Waals surface area contributed by atoms with Crippen molar-refractivity contribution in [2.45, 2.75) is 60.1 Å². The van der Waals surface area contributed by atoms with Crippen LogP contribution in [-0.2, 0) is 0 Å². The molecule has 0 aliphatic carbocycles. The molecule has 0 amide bonds. The average molecular weight is 249 g/mol. The third kappa shape index (κ3) is 4.02. The van der Waals surface area contributed by atoms with Crippen LogP contribution in [0.3, 0.4) is 0 Å². The van der Waals surface area contributed by atoms with Crippen molar-refractivity contribution >= 4 is 0 Å². The van der Waals surface area contributed by atoms with Gasteiger partial charge in [0.25, 0.3) is 0 Å². The SMILES string of the molecule is CCCNC(C)C(C)Oc1cc(C)cc(C)c1C. The second-order valence-electron chi connectivity index (χ2n) is 5.27. The summed E-state index contributed by atoms with van der Waals surface area (Å²) in [4.78, 5) is 0. The summed E-state index contributed by atoms with van der Waals surface area (Å²) < 4.78 is 6.10. The quantitative estimate of drug-likeness (QED) is 0.828. The van der Waals surface area contributed by atoms with Gasteiger partial charge in [-0.05, 0) is 70.3 Å². The molecular weight excluding hydrogens is 222 g/mol. The summed E-state index contributed by atoms with van der Waals surface area (Å²) in [5.41, 5.74) is 3.80. The lowest BCUT2D eigenvalue weighted by Gasteiger charge is -2.24. The topological polar surface area (TPSA) is 21.3 Å². The summed E-state index contributed by atoms with van der Waals surface area (Å²) in [6.07, 6.45) is 1.33. The van der Waals surface area contributed by atoms with Crippen molar-refractivity contribution in [1.82, 2.24) is 5.32 Å². The van der Waals surface area contributed by atoms with E-state index in [2.05, 4.69) is 59.0 Å². The summed E-state index contributed by atoms with van der Waals surface area (Å²) in [5, 5.41) is 3.48. The molecule has 0 saturated carbocycles. The van der Waals surface area contributed by atoms with Gasteiger partial charge in [0.1, 0.15) is 11.9 Å². The van der Waals surface area contributed by atoms with Gasteiger partial charge in [-0.1, -0.05) is 13.0 Å². The van der Waals surface area contributed by atoms with Gasteiger partial charge in [-0.25, -0.2) is 0 Å². The fourth-order valence-electron chi connectivity index (χ4n) is 1.96. The largest absolute Gasteiger partial charge is 0.489 e. The smallest absolute Gasteiger partial charge is 0.123 e. The molecule has 2 nitrogen and oxygen atoms in total. The van der Waals surface area contributed by atoms with Crippen molar-refractivity contribution in [3.8, 4) is 5.75 Å². The molecule has 1 N–H and O–H groups in total. The fourth-order valence-corrected chi connectivity index (χ4v) is 1.96. The van der Waals surface area contributed by atoms with Crippen LogP contribution < -0.4 is 10.1 Å². The minimum atomic E-state index is 0.177. The van der Waals surface area contributed by atoms with Crippen LogP contribution in [0, 0.1) is 20.8 Å². The van der Waals surface area contributed by atoms with Crippen LogP contribution in [0.1, 0.15) is 43.9 Å². The molecule has 1 aromatic carbocycles. The van der Waals surface area contributed by atoms with E-state index in [-0.39, 0.29) is 6.10 Å². The number of benzene rings is 1. The number of hydrogen-bond acceptors (Lipinski definition) is 2. The Balaban J connectivity index is 2.72. The molecule has 0 radical (unpaired) electrons. The molecule has 102 valence electrons. The van der Waals surface area contributed by atoms with Gasteiger partial charge in [0.15, 0.2) is 0 Å². The van der Waals surface area contributed by atoms with Crippen molar-refractivity contribution in [2.24, 2.45) is 0 Å². The first-order chi connectivity index (χ1) is 8.45. The van der Waals surface area contributed by atoms with E-state index in [0.717, 1.165) is 18.7 Å². The Bertz CT molecular complexity index is 387. The lowest BCUT2D eigenvalue weighted by atomic mass is 10.1. The predicted octanol–water partition coefficient (Wildman–Crippen LogP) is 3.77. The van der Waals surface area contributed by atoms with Crippen LogP contribution in [-0.4, -0.2) is 18.7 Å². The van der Waals surface area contributed by atoms with Crippen molar-refractivity contribution < 1.29 is 4.74 Å². The van der Waals surface area contributed by atoms with Crippen LogP contribution in [0.15, 0.2) is 12.1 Å². The maximum Gasteiger partial charge on any atom is 0.123 e. The molecule has 2 heteroatoms. The normalized spacial score (nSPS) is 14.3. The van der Waals surface area contributed by atoms with E-state index in [1.165, 1.54) is 16.7 Å². The zero-order chi connectivity index (χ0) is 13.7. The van der Waals surface area contributed by atoms with Gasteiger partial charge in [0.2, 0.25) is 0 Å². The number of aryl methyl sites for hydroxylation is 2. The minimum Gasteiger partial charge on any atom is -0.489 e. The molecule has 0 bridgehead atoms. The summed E-state index contributed by atoms with van der Waals surface area (Å²) in [7, 11) is 0. The Labute approximate surface area is 112 Å². The zero-order valence-corrected chi connectivity index (χ0v) is 12.6. The third-order valence-electron chi connectivity index (χ3n) is 3.50. The fraction of sp³-hybridized carbons (Fsp3) is 0.625. The molecule has 0 aliphatic heterocycles. The minimum absolute atomic E-state index is 0.177. The third-order valence-corrected chi connectivity index (χ3v) is 3.50. The highest BCUT2D eigenvalue weighted by molar-refractivity contribution is 5.42. The van der Waals surface area contributed by atoms with E-state index < -0.39 is 0 Å². The van der Waals surface area contributed by atoms with Crippen molar-refractivity contribution in [3.05, 3.63) is 28.8 Å². The van der Waals surface area contributed by atoms with E-state index in [1.54, 1.807) is 0 Å². The molecule has 0 heterocycles. The van der Waals surface area contributed by atoms with Crippen LogP contribution >= 0.6 is 0 Å². The lowest BCUT2D eigenvalue weighted by Crippen LogP contribution is -2.39. The van der Waals surface area contributed by atoms with E-state index in [1.807, 2.05) is 0 Å². The van der Waals surface area contributed by atoms with Gasteiger partial charge in [0.05, 0.1) is 0 Å². The van der Waals surface area contributed by atoms with Crippen molar-refractivity contribution in [3.63, 3.8) is 0 Å². The van der Waals surface area contributed by atoms with Crippen LogP contribution in [0.2, 0.25) is 0 Å². The van der Waals surface area contributed by atoms with Gasteiger partial charge in [0, 0.05) is 6.04 Å². The molecular formula is C16H27NO. The first kappa shape index (κ1) is 15.0. The molecule has 0 fully saturated rings. The molecule has 0 spiro atoms. The van der Waals surface area contributed by atoms with E-state index in [0.29, 0.717) is 6.04 Å². The average Bonchev–Trinajstić information content (AvgIpc) is 2.32. The van der Waals surface area contributed by atoms with Crippen LogP contribution in [0.25, 0.3) is 0 Å². The second-order valence-corrected chi connectivity index (χ2v) is 5.27. The van der Waals surface area contributed by atoms with Gasteiger partial charge in [-0.2, -0.15) is 0 Å². The molecule has 18 heavy (non-hydrogen) atoms. The first-order valence-corrected chi connectivity index (χ1v) is 6.93. The molecule has 0 aliphatic rings. The number of ether oxygens (including phenoxy) is 1. The summed E-state index contributed by atoms with van der Waals surface area (Å²) in [6, 6.07) is 4.70. The zero-order valence-electron chi connectivity index (χ0n) is 12.6. The Hall–Kier alpha value is -1.02. The Kier molecular flexibility index (Phi) is 5.67. The highest BCUT2D eigenvalue weighted by atomic mass is 16.5. The first-order valence-electron chi connectivity index (χ1n) is 6.93. The monoisotopic (exact) mass is 249 g/mol. The Morgan fingerprint density at radius 2 is 1.83 bits per heavy atom. The molecule has 2 atom stereocenters. The highest BCUT2D eigenvalue weighted by Gasteiger charge is 2.14. The highest BCUT2D eigenvalue weighted by Crippen LogP contribution is 2.24. The molecule has 1 aromatic rings. The molecule has 2 unspecified atom stereocenters. The maximum atomic E-state index is 6.10. The number of nitrogens with one attached hydrogen (secondary N) is 1. The summed E-state index contributed by atoms with van der Waals surface area (Å²) >= 11 is 0. The van der Waals surface area contributed by atoms with E-state index in [4.69, 9.17) is 4.74 Å². The Morgan fingerprint density at radius 3 is 2.44 bits per heavy atom. The van der Waals surface area contributed by atoms with Crippen LogP contribution in [0.4, 0.5) is 0 Å². The molecule has 0 aromatic heterocycles. The van der Waals surface area contributed by atoms with E-state index in [9.17, 15) is 0 Å². The number of hydrogen-bond donors (Lipinski definition) is 1. The molecule has 1 rings (SSSR count). The number of rotatable bonds is 6. The van der Waals surface area contributed by atoms with E-state index >= 15 is 0 Å².